The van der Waals surface area contributed by atoms with Crippen molar-refractivity contribution >= 4 is 9.84 Å². The lowest BCUT2D eigenvalue weighted by Crippen LogP contribution is -2.35. The number of hydrogen-bond acceptors (Lipinski definition) is 7. The molecule has 8 heteroatoms. The molecule has 2 aromatic rings. The van der Waals surface area contributed by atoms with Gasteiger partial charge in [0.1, 0.15) is 0 Å². The highest BCUT2D eigenvalue weighted by atomic mass is 32.2. The number of nitrogens with zero attached hydrogens (tertiary/aromatic N) is 3. The van der Waals surface area contributed by atoms with E-state index >= 15 is 0 Å². The van der Waals surface area contributed by atoms with Crippen LogP contribution in [0, 0.1) is 0 Å². The summed E-state index contributed by atoms with van der Waals surface area (Å²) in [5.74, 6) is 1.87. The highest BCUT2D eigenvalue weighted by molar-refractivity contribution is 7.91. The van der Waals surface area contributed by atoms with Gasteiger partial charge in [-0.3, -0.25) is 4.90 Å². The molecule has 0 aliphatic carbocycles. The average Bonchev–Trinajstić information content (AvgIpc) is 3.15. The van der Waals surface area contributed by atoms with Crippen LogP contribution in [0.5, 0.6) is 0 Å². The van der Waals surface area contributed by atoms with Crippen LogP contribution in [-0.2, 0) is 16.4 Å². The van der Waals surface area contributed by atoms with Crippen LogP contribution in [-0.4, -0.2) is 47.6 Å². The molecular weight excluding hydrogens is 294 g/mol. The normalized spacial score (nSPS) is 21.1. The minimum atomic E-state index is -2.89. The Morgan fingerprint density at radius 1 is 1.48 bits per heavy atom. The molecule has 114 valence electrons. The first-order chi connectivity index (χ1) is 10.1. The Hall–Kier alpha value is -1.67. The van der Waals surface area contributed by atoms with Crippen molar-refractivity contribution in [3.05, 3.63) is 24.2 Å². The third-order valence-electron chi connectivity index (χ3n) is 3.68. The van der Waals surface area contributed by atoms with Gasteiger partial charge in [0.25, 0.3) is 5.89 Å². The highest BCUT2D eigenvalue weighted by Gasteiger charge is 2.32. The van der Waals surface area contributed by atoms with Gasteiger partial charge in [-0.1, -0.05) is 12.1 Å². The summed E-state index contributed by atoms with van der Waals surface area (Å²) in [6.07, 6.45) is 2.21. The lowest BCUT2D eigenvalue weighted by Gasteiger charge is -2.24. The van der Waals surface area contributed by atoms with Crippen LogP contribution in [0.2, 0.25) is 0 Å². The third-order valence-corrected chi connectivity index (χ3v) is 5.43. The third kappa shape index (κ3) is 3.16. The zero-order chi connectivity index (χ0) is 14.9. The zero-order valence-electron chi connectivity index (χ0n) is 11.7. The van der Waals surface area contributed by atoms with Crippen molar-refractivity contribution < 1.29 is 17.4 Å². The maximum absolute atomic E-state index is 11.6. The summed E-state index contributed by atoms with van der Waals surface area (Å²) in [7, 11) is -2.89. The molecule has 1 aliphatic heterocycles. The second-order valence-electron chi connectivity index (χ2n) is 5.11. The van der Waals surface area contributed by atoms with Crippen LogP contribution in [0.15, 0.2) is 27.3 Å². The van der Waals surface area contributed by atoms with E-state index in [2.05, 4.69) is 15.0 Å². The minimum absolute atomic E-state index is 0.0329. The molecule has 0 spiro atoms. The Morgan fingerprint density at radius 2 is 2.33 bits per heavy atom. The first kappa shape index (κ1) is 14.3. The zero-order valence-corrected chi connectivity index (χ0v) is 12.5. The minimum Gasteiger partial charge on any atom is -0.459 e. The molecule has 7 nitrogen and oxygen atoms in total. The summed E-state index contributed by atoms with van der Waals surface area (Å²) in [5.41, 5.74) is 0. The number of rotatable bonds is 5. The molecule has 3 heterocycles. The van der Waals surface area contributed by atoms with Crippen molar-refractivity contribution in [2.75, 3.05) is 18.1 Å². The van der Waals surface area contributed by atoms with Gasteiger partial charge in [-0.15, -0.1) is 0 Å². The molecule has 2 aromatic heterocycles. The standard InChI is InChI=1S/C13H17N3O4S/c1-2-16(10-5-7-21(17,18)9-10)8-12-14-13(20-15-12)11-4-3-6-19-11/h3-4,6,10H,2,5,7-9H2,1H3/t10-/m0/s1. The van der Waals surface area contributed by atoms with Crippen LogP contribution >= 0.6 is 0 Å². The van der Waals surface area contributed by atoms with E-state index in [1.807, 2.05) is 6.92 Å². The van der Waals surface area contributed by atoms with Gasteiger partial charge in [-0.2, -0.15) is 4.98 Å². The van der Waals surface area contributed by atoms with Gasteiger partial charge in [0.15, 0.2) is 21.4 Å². The van der Waals surface area contributed by atoms with E-state index in [1.54, 1.807) is 18.4 Å². The van der Waals surface area contributed by atoms with Crippen molar-refractivity contribution in [2.45, 2.75) is 25.9 Å². The van der Waals surface area contributed by atoms with Crippen LogP contribution in [0.4, 0.5) is 0 Å². The number of aromatic nitrogens is 2. The summed E-state index contributed by atoms with van der Waals surface area (Å²) in [6, 6.07) is 3.53. The van der Waals surface area contributed by atoms with Gasteiger partial charge in [-0.25, -0.2) is 8.42 Å². The molecule has 1 aliphatic rings. The SMILES string of the molecule is CCN(Cc1noc(-c2ccco2)n1)[C@H]1CCS(=O)(=O)C1. The van der Waals surface area contributed by atoms with Crippen LogP contribution in [0.25, 0.3) is 11.7 Å². The van der Waals surface area contributed by atoms with Crippen molar-refractivity contribution in [3.63, 3.8) is 0 Å². The van der Waals surface area contributed by atoms with Crippen molar-refractivity contribution in [2.24, 2.45) is 0 Å². The summed E-state index contributed by atoms with van der Waals surface area (Å²) < 4.78 is 33.5. The molecule has 3 rings (SSSR count). The molecule has 0 saturated carbocycles. The Bertz CT molecular complexity index is 693. The lowest BCUT2D eigenvalue weighted by atomic mass is 10.2. The second-order valence-corrected chi connectivity index (χ2v) is 7.34. The fraction of sp³-hybridized carbons (Fsp3) is 0.538. The molecule has 1 atom stereocenters. The molecule has 0 amide bonds. The fourth-order valence-electron chi connectivity index (χ4n) is 2.56. The Kier molecular flexibility index (Phi) is 3.81. The van der Waals surface area contributed by atoms with E-state index in [9.17, 15) is 8.42 Å². The summed E-state index contributed by atoms with van der Waals surface area (Å²) in [5, 5.41) is 3.93. The first-order valence-corrected chi connectivity index (χ1v) is 8.70. The summed E-state index contributed by atoms with van der Waals surface area (Å²) in [4.78, 5) is 6.36. The Labute approximate surface area is 122 Å². The molecule has 0 radical (unpaired) electrons. The smallest absolute Gasteiger partial charge is 0.293 e. The van der Waals surface area contributed by atoms with Crippen LogP contribution < -0.4 is 0 Å². The maximum atomic E-state index is 11.6. The van der Waals surface area contributed by atoms with Gasteiger partial charge in [0.05, 0.1) is 24.3 Å². The molecule has 0 N–H and O–H groups in total. The van der Waals surface area contributed by atoms with Crippen LogP contribution in [0.1, 0.15) is 19.2 Å². The number of hydrogen-bond donors (Lipinski definition) is 0. The van der Waals surface area contributed by atoms with Crippen molar-refractivity contribution in [1.29, 1.82) is 0 Å². The molecule has 0 aromatic carbocycles. The predicted molar refractivity (Wildman–Crippen MR) is 75.1 cm³/mol. The average molecular weight is 311 g/mol. The monoisotopic (exact) mass is 311 g/mol. The predicted octanol–water partition coefficient (Wildman–Crippen LogP) is 1.34. The van der Waals surface area contributed by atoms with Gasteiger partial charge >= 0.3 is 0 Å². The maximum Gasteiger partial charge on any atom is 0.293 e. The van der Waals surface area contributed by atoms with Gasteiger partial charge < -0.3 is 8.94 Å². The van der Waals surface area contributed by atoms with Gasteiger partial charge in [0, 0.05) is 6.04 Å². The van der Waals surface area contributed by atoms with E-state index < -0.39 is 9.84 Å². The van der Waals surface area contributed by atoms with E-state index in [-0.39, 0.29) is 17.5 Å². The van der Waals surface area contributed by atoms with Crippen molar-refractivity contribution in [3.8, 4) is 11.7 Å². The quantitative estimate of drug-likeness (QED) is 0.823. The van der Waals surface area contributed by atoms with E-state index in [1.165, 1.54) is 0 Å². The largest absolute Gasteiger partial charge is 0.459 e. The summed E-state index contributed by atoms with van der Waals surface area (Å²) >= 11 is 0. The molecule has 1 fully saturated rings. The molecule has 21 heavy (non-hydrogen) atoms. The molecule has 0 bridgehead atoms. The number of furan rings is 1. The highest BCUT2D eigenvalue weighted by Crippen LogP contribution is 2.21. The van der Waals surface area contributed by atoms with E-state index in [0.29, 0.717) is 30.4 Å². The van der Waals surface area contributed by atoms with Crippen molar-refractivity contribution in [1.82, 2.24) is 15.0 Å². The number of sulfone groups is 1. The van der Waals surface area contributed by atoms with Gasteiger partial charge in [-0.05, 0) is 25.1 Å². The summed E-state index contributed by atoms with van der Waals surface area (Å²) in [6.45, 7) is 3.21. The lowest BCUT2D eigenvalue weighted by molar-refractivity contribution is 0.207. The first-order valence-electron chi connectivity index (χ1n) is 6.88. The molecule has 1 saturated heterocycles. The second kappa shape index (κ2) is 5.61. The van der Waals surface area contributed by atoms with E-state index in [0.717, 1.165) is 6.54 Å². The van der Waals surface area contributed by atoms with E-state index in [4.69, 9.17) is 8.94 Å². The Morgan fingerprint density at radius 3 is 2.95 bits per heavy atom. The topological polar surface area (TPSA) is 89.4 Å². The molecular formula is C13H17N3O4S. The molecule has 0 unspecified atom stereocenters. The Balaban J connectivity index is 1.70. The fourth-order valence-corrected chi connectivity index (χ4v) is 4.32. The van der Waals surface area contributed by atoms with Crippen LogP contribution in [0.3, 0.4) is 0 Å². The van der Waals surface area contributed by atoms with Gasteiger partial charge in [0.2, 0.25) is 0 Å².